The molecule has 1 rings (SSSR count). The van der Waals surface area contributed by atoms with Crippen LogP contribution in [0.3, 0.4) is 0 Å². The summed E-state index contributed by atoms with van der Waals surface area (Å²) >= 11 is 0. The Morgan fingerprint density at radius 2 is 1.73 bits per heavy atom. The highest BCUT2D eigenvalue weighted by molar-refractivity contribution is 5.97. The lowest BCUT2D eigenvalue weighted by Crippen LogP contribution is -2.34. The van der Waals surface area contributed by atoms with E-state index < -0.39 is 23.5 Å². The summed E-state index contributed by atoms with van der Waals surface area (Å²) in [6, 6.07) is 2.45. The maximum Gasteiger partial charge on any atom is 0.412 e. The van der Waals surface area contributed by atoms with Crippen LogP contribution in [0, 0.1) is 5.82 Å². The summed E-state index contributed by atoms with van der Waals surface area (Å²) in [5.74, 6) is -1.04. The van der Waals surface area contributed by atoms with Crippen LogP contribution in [0.1, 0.15) is 33.3 Å². The van der Waals surface area contributed by atoms with Crippen molar-refractivity contribution >= 4 is 18.1 Å². The molecule has 1 N–H and O–H groups in total. The quantitative estimate of drug-likeness (QED) is 0.612. The zero-order chi connectivity index (χ0) is 19.9. The van der Waals surface area contributed by atoms with E-state index in [9.17, 15) is 14.0 Å². The first kappa shape index (κ1) is 21.3. The summed E-state index contributed by atoms with van der Waals surface area (Å²) in [7, 11) is 2.77. The Bertz CT molecular complexity index is 694. The third-order valence-electron chi connectivity index (χ3n) is 2.93. The van der Waals surface area contributed by atoms with Gasteiger partial charge in [0, 0.05) is 11.6 Å². The largest absolute Gasteiger partial charge is 0.493 e. The Kier molecular flexibility index (Phi) is 7.42. The number of nitrogens with one attached hydrogen (secondary N) is 1. The smallest absolute Gasteiger partial charge is 0.412 e. The van der Waals surface area contributed by atoms with Crippen LogP contribution in [-0.4, -0.2) is 38.5 Å². The molecule has 144 valence electrons. The fourth-order valence-electron chi connectivity index (χ4n) is 1.90. The fraction of sp³-hybridized carbons (Fsp3) is 0.444. The number of hydrogen-bond acceptors (Lipinski definition) is 6. The number of halogens is 1. The van der Waals surface area contributed by atoms with Gasteiger partial charge in [0.05, 0.1) is 20.8 Å². The number of hydrogen-bond donors (Lipinski definition) is 1. The molecule has 0 unspecified atom stereocenters. The van der Waals surface area contributed by atoms with Gasteiger partial charge in [0.1, 0.15) is 17.1 Å². The Morgan fingerprint density at radius 3 is 2.23 bits per heavy atom. The summed E-state index contributed by atoms with van der Waals surface area (Å²) in [6.45, 7) is 6.72. The van der Waals surface area contributed by atoms with Crippen LogP contribution < -0.4 is 14.8 Å². The molecule has 0 atom stereocenters. The molecule has 0 saturated carbocycles. The lowest BCUT2D eigenvalue weighted by atomic mass is 10.1. The summed E-state index contributed by atoms with van der Waals surface area (Å²) in [4.78, 5) is 24.1. The molecule has 0 aromatic heterocycles. The Morgan fingerprint density at radius 1 is 1.15 bits per heavy atom. The van der Waals surface area contributed by atoms with Crippen molar-refractivity contribution < 1.29 is 32.9 Å². The fourth-order valence-corrected chi connectivity index (χ4v) is 1.90. The highest BCUT2D eigenvalue weighted by Crippen LogP contribution is 2.30. The van der Waals surface area contributed by atoms with Crippen molar-refractivity contribution in [1.82, 2.24) is 5.32 Å². The van der Waals surface area contributed by atoms with Gasteiger partial charge in [-0.1, -0.05) is 0 Å². The standard InChI is InChI=1S/C18H24FNO6/c1-7-25-16(21)13(20-17(22)26-18(2,3)4)8-11-9-14(23-5)15(24-6)10-12(11)19/h8-10H,7H2,1-6H3,(H,20,22)/b13-8+. The Labute approximate surface area is 152 Å². The molecule has 7 nitrogen and oxygen atoms in total. The molecule has 1 aromatic carbocycles. The topological polar surface area (TPSA) is 83.1 Å². The van der Waals surface area contributed by atoms with Gasteiger partial charge in [-0.05, 0) is 39.8 Å². The molecule has 0 saturated heterocycles. The number of amides is 1. The van der Waals surface area contributed by atoms with Crippen molar-refractivity contribution in [2.45, 2.75) is 33.3 Å². The van der Waals surface area contributed by atoms with Crippen LogP contribution in [0.5, 0.6) is 11.5 Å². The zero-order valence-electron chi connectivity index (χ0n) is 15.8. The van der Waals surface area contributed by atoms with E-state index in [0.29, 0.717) is 0 Å². The predicted molar refractivity (Wildman–Crippen MR) is 93.5 cm³/mol. The van der Waals surface area contributed by atoms with Crippen LogP contribution in [0.2, 0.25) is 0 Å². The van der Waals surface area contributed by atoms with Crippen LogP contribution >= 0.6 is 0 Å². The second-order valence-corrected chi connectivity index (χ2v) is 6.13. The van der Waals surface area contributed by atoms with E-state index in [-0.39, 0.29) is 29.4 Å². The number of benzene rings is 1. The number of ether oxygens (including phenoxy) is 4. The van der Waals surface area contributed by atoms with E-state index in [1.54, 1.807) is 27.7 Å². The first-order chi connectivity index (χ1) is 12.1. The number of carbonyl (C=O) groups is 2. The molecule has 8 heteroatoms. The van der Waals surface area contributed by atoms with Crippen molar-refractivity contribution in [2.75, 3.05) is 20.8 Å². The SMILES string of the molecule is CCOC(=O)/C(=C\c1cc(OC)c(OC)cc1F)NC(=O)OC(C)(C)C. The van der Waals surface area contributed by atoms with Gasteiger partial charge < -0.3 is 18.9 Å². The molecule has 0 aliphatic carbocycles. The summed E-state index contributed by atoms with van der Waals surface area (Å²) in [6.07, 6.45) is 0.275. The summed E-state index contributed by atoms with van der Waals surface area (Å²) < 4.78 is 34.4. The average Bonchev–Trinajstić information content (AvgIpc) is 2.53. The summed E-state index contributed by atoms with van der Waals surface area (Å²) in [5, 5.41) is 2.29. The second kappa shape index (κ2) is 9.07. The average molecular weight is 369 g/mol. The van der Waals surface area contributed by atoms with Crippen LogP contribution in [0.4, 0.5) is 9.18 Å². The molecule has 26 heavy (non-hydrogen) atoms. The highest BCUT2D eigenvalue weighted by atomic mass is 19.1. The van der Waals surface area contributed by atoms with Crippen LogP contribution in [-0.2, 0) is 14.3 Å². The minimum Gasteiger partial charge on any atom is -0.493 e. The van der Waals surface area contributed by atoms with E-state index in [1.165, 1.54) is 20.3 Å². The van der Waals surface area contributed by atoms with Gasteiger partial charge in [-0.3, -0.25) is 5.32 Å². The number of carbonyl (C=O) groups excluding carboxylic acids is 2. The van der Waals surface area contributed by atoms with Crippen LogP contribution in [0.15, 0.2) is 17.8 Å². The zero-order valence-corrected chi connectivity index (χ0v) is 15.8. The molecule has 0 aliphatic heterocycles. The molecule has 0 radical (unpaired) electrons. The Balaban J connectivity index is 3.25. The molecule has 0 bridgehead atoms. The van der Waals surface area contributed by atoms with Gasteiger partial charge in [-0.25, -0.2) is 14.0 Å². The lowest BCUT2D eigenvalue weighted by Gasteiger charge is -2.20. The molecule has 0 aliphatic rings. The number of esters is 1. The number of rotatable bonds is 6. The maximum absolute atomic E-state index is 14.3. The predicted octanol–water partition coefficient (Wildman–Crippen LogP) is 3.27. The third-order valence-corrected chi connectivity index (χ3v) is 2.93. The van der Waals surface area contributed by atoms with E-state index in [0.717, 1.165) is 12.1 Å². The molecule has 0 heterocycles. The van der Waals surface area contributed by atoms with Crippen molar-refractivity contribution in [3.63, 3.8) is 0 Å². The van der Waals surface area contributed by atoms with Crippen LogP contribution in [0.25, 0.3) is 6.08 Å². The first-order valence-corrected chi connectivity index (χ1v) is 7.91. The lowest BCUT2D eigenvalue weighted by molar-refractivity contribution is -0.138. The molecule has 0 spiro atoms. The van der Waals surface area contributed by atoms with Gasteiger partial charge in [0.15, 0.2) is 11.5 Å². The Hall–Kier alpha value is -2.77. The van der Waals surface area contributed by atoms with Gasteiger partial charge >= 0.3 is 12.1 Å². The van der Waals surface area contributed by atoms with E-state index in [2.05, 4.69) is 5.32 Å². The number of methoxy groups -OCH3 is 2. The van der Waals surface area contributed by atoms with Gasteiger partial charge in [-0.2, -0.15) is 0 Å². The monoisotopic (exact) mass is 369 g/mol. The maximum atomic E-state index is 14.3. The molecular weight excluding hydrogens is 345 g/mol. The highest BCUT2D eigenvalue weighted by Gasteiger charge is 2.21. The van der Waals surface area contributed by atoms with E-state index in [1.807, 2.05) is 0 Å². The number of alkyl carbamates (subject to hydrolysis) is 1. The third kappa shape index (κ3) is 6.27. The second-order valence-electron chi connectivity index (χ2n) is 6.13. The molecule has 1 aromatic rings. The minimum atomic E-state index is -0.863. The molecule has 0 fully saturated rings. The molecular formula is C18H24FNO6. The van der Waals surface area contributed by atoms with E-state index in [4.69, 9.17) is 18.9 Å². The van der Waals surface area contributed by atoms with Crippen molar-refractivity contribution in [2.24, 2.45) is 0 Å². The van der Waals surface area contributed by atoms with Crippen molar-refractivity contribution in [3.8, 4) is 11.5 Å². The molecule has 1 amide bonds. The van der Waals surface area contributed by atoms with E-state index >= 15 is 0 Å². The summed E-state index contributed by atoms with van der Waals surface area (Å²) in [5.41, 5.74) is -1.03. The van der Waals surface area contributed by atoms with Gasteiger partial charge in [0.2, 0.25) is 0 Å². The van der Waals surface area contributed by atoms with Crippen molar-refractivity contribution in [3.05, 3.63) is 29.2 Å². The first-order valence-electron chi connectivity index (χ1n) is 7.91. The van der Waals surface area contributed by atoms with Crippen molar-refractivity contribution in [1.29, 1.82) is 0 Å². The normalized spacial score (nSPS) is 11.6. The minimum absolute atomic E-state index is 0.00163. The van der Waals surface area contributed by atoms with Gasteiger partial charge in [0.25, 0.3) is 0 Å². The van der Waals surface area contributed by atoms with Gasteiger partial charge in [-0.15, -0.1) is 0 Å².